The van der Waals surface area contributed by atoms with Gasteiger partial charge in [0.1, 0.15) is 5.52 Å². The maximum atomic E-state index is 10.6. The smallest absolute Gasteiger partial charge is 0.392 e. The first kappa shape index (κ1) is 9.21. The number of hydrogen-bond donors (Lipinski definition) is 1. The number of hydrogen-bond acceptors (Lipinski definition) is 4. The van der Waals surface area contributed by atoms with E-state index in [0.29, 0.717) is 16.7 Å². The molecular weight excluding hydrogens is 196 g/mol. The molecule has 74 valence electrons. The van der Waals surface area contributed by atoms with E-state index in [1.807, 2.05) is 6.07 Å². The fourth-order valence-electron chi connectivity index (χ4n) is 1.32. The Kier molecular flexibility index (Phi) is 2.10. The van der Waals surface area contributed by atoms with Crippen LogP contribution in [-0.4, -0.2) is 16.1 Å². The zero-order valence-electron chi connectivity index (χ0n) is 7.60. The number of carboxylic acids is 1. The average Bonchev–Trinajstić information content (AvgIpc) is 2.63. The predicted octanol–water partition coefficient (Wildman–Crippen LogP) is 1.59. The topological polar surface area (TPSA) is 87.1 Å². The number of nitriles is 1. The summed E-state index contributed by atoms with van der Waals surface area (Å²) in [5.41, 5.74) is 1.50. The van der Waals surface area contributed by atoms with Gasteiger partial charge in [-0.25, -0.2) is 9.78 Å². The third-order valence-electron chi connectivity index (χ3n) is 1.96. The van der Waals surface area contributed by atoms with E-state index in [0.717, 1.165) is 0 Å². The Morgan fingerprint density at radius 2 is 2.40 bits per heavy atom. The molecule has 5 nitrogen and oxygen atoms in total. The molecule has 1 aromatic carbocycles. The summed E-state index contributed by atoms with van der Waals surface area (Å²) in [6.07, 6.45) is 0.183. The molecule has 2 aromatic rings. The molecule has 0 amide bonds. The highest BCUT2D eigenvalue weighted by atomic mass is 16.4. The lowest BCUT2D eigenvalue weighted by Crippen LogP contribution is -1.95. The van der Waals surface area contributed by atoms with Gasteiger partial charge in [-0.2, -0.15) is 5.26 Å². The van der Waals surface area contributed by atoms with Crippen LogP contribution in [0.5, 0.6) is 0 Å². The van der Waals surface area contributed by atoms with Crippen LogP contribution >= 0.6 is 0 Å². The van der Waals surface area contributed by atoms with Crippen molar-refractivity contribution in [2.45, 2.75) is 6.42 Å². The maximum absolute atomic E-state index is 10.6. The average molecular weight is 202 g/mol. The van der Waals surface area contributed by atoms with Crippen molar-refractivity contribution in [2.24, 2.45) is 0 Å². The van der Waals surface area contributed by atoms with Crippen molar-refractivity contribution >= 4 is 17.1 Å². The van der Waals surface area contributed by atoms with Gasteiger partial charge in [0.2, 0.25) is 0 Å². The van der Waals surface area contributed by atoms with Crippen molar-refractivity contribution in [1.82, 2.24) is 4.98 Å². The van der Waals surface area contributed by atoms with Crippen molar-refractivity contribution in [2.75, 3.05) is 0 Å². The van der Waals surface area contributed by atoms with Gasteiger partial charge in [0.15, 0.2) is 5.58 Å². The van der Waals surface area contributed by atoms with Gasteiger partial charge in [-0.1, -0.05) is 12.1 Å². The maximum Gasteiger partial charge on any atom is 0.392 e. The van der Waals surface area contributed by atoms with Crippen molar-refractivity contribution < 1.29 is 14.3 Å². The van der Waals surface area contributed by atoms with Crippen molar-refractivity contribution in [3.8, 4) is 6.07 Å². The first-order valence-electron chi connectivity index (χ1n) is 4.21. The predicted molar refractivity (Wildman–Crippen MR) is 50.3 cm³/mol. The molecule has 0 fully saturated rings. The Balaban J connectivity index is 2.65. The van der Waals surface area contributed by atoms with Crippen LogP contribution in [0.2, 0.25) is 0 Å². The quantitative estimate of drug-likeness (QED) is 0.798. The molecule has 5 heteroatoms. The number of benzene rings is 1. The summed E-state index contributed by atoms with van der Waals surface area (Å²) in [5.74, 6) is -1.57. The fraction of sp³-hybridized carbons (Fsp3) is 0.100. The van der Waals surface area contributed by atoms with Crippen LogP contribution in [0.3, 0.4) is 0 Å². The summed E-state index contributed by atoms with van der Waals surface area (Å²) >= 11 is 0. The van der Waals surface area contributed by atoms with Gasteiger partial charge in [0.05, 0.1) is 12.5 Å². The summed E-state index contributed by atoms with van der Waals surface area (Å²) in [5, 5.41) is 17.3. The molecule has 0 unspecified atom stereocenters. The first-order chi connectivity index (χ1) is 7.22. The summed E-state index contributed by atoms with van der Waals surface area (Å²) in [7, 11) is 0. The first-order valence-corrected chi connectivity index (χ1v) is 4.21. The van der Waals surface area contributed by atoms with E-state index in [4.69, 9.17) is 14.8 Å². The largest absolute Gasteiger partial charge is 0.474 e. The zero-order chi connectivity index (χ0) is 10.8. The van der Waals surface area contributed by atoms with Crippen molar-refractivity contribution in [3.05, 3.63) is 29.7 Å². The second kappa shape index (κ2) is 3.42. The molecule has 0 aliphatic rings. The normalized spacial score (nSPS) is 10.1. The third-order valence-corrected chi connectivity index (χ3v) is 1.96. The number of nitrogens with zero attached hydrogens (tertiary/aromatic N) is 2. The SMILES string of the molecule is N#CCc1cccc2oc(C(=O)O)nc12. The lowest BCUT2D eigenvalue weighted by molar-refractivity contribution is 0.0656. The zero-order valence-corrected chi connectivity index (χ0v) is 7.60. The molecule has 15 heavy (non-hydrogen) atoms. The fourth-order valence-corrected chi connectivity index (χ4v) is 1.32. The molecule has 1 heterocycles. The van der Waals surface area contributed by atoms with E-state index < -0.39 is 5.97 Å². The number of carbonyl (C=O) groups is 1. The van der Waals surface area contributed by atoms with Crippen LogP contribution in [0.25, 0.3) is 11.1 Å². The highest BCUT2D eigenvalue weighted by Gasteiger charge is 2.14. The molecule has 0 bridgehead atoms. The number of para-hydroxylation sites is 1. The van der Waals surface area contributed by atoms with Crippen LogP contribution in [0, 0.1) is 11.3 Å². The summed E-state index contributed by atoms with van der Waals surface area (Å²) < 4.78 is 5.00. The Hall–Kier alpha value is -2.35. The number of fused-ring (bicyclic) bond motifs is 1. The van der Waals surface area contributed by atoms with Gasteiger partial charge in [0, 0.05) is 0 Å². The summed E-state index contributed by atoms with van der Waals surface area (Å²) in [6, 6.07) is 7.03. The number of aromatic carboxylic acids is 1. The Bertz CT molecular complexity index is 566. The van der Waals surface area contributed by atoms with Crippen LogP contribution in [0.1, 0.15) is 16.2 Å². The second-order valence-corrected chi connectivity index (χ2v) is 2.92. The number of rotatable bonds is 2. The van der Waals surface area contributed by atoms with E-state index in [2.05, 4.69) is 4.98 Å². The number of oxazole rings is 1. The lowest BCUT2D eigenvalue weighted by Gasteiger charge is -1.92. The van der Waals surface area contributed by atoms with Crippen LogP contribution in [0.15, 0.2) is 22.6 Å². The molecule has 0 atom stereocenters. The van der Waals surface area contributed by atoms with Gasteiger partial charge in [-0.15, -0.1) is 0 Å². The molecule has 0 aliphatic carbocycles. The lowest BCUT2D eigenvalue weighted by atomic mass is 10.1. The monoisotopic (exact) mass is 202 g/mol. The minimum atomic E-state index is -1.21. The van der Waals surface area contributed by atoms with Gasteiger partial charge in [-0.3, -0.25) is 0 Å². The molecule has 0 saturated heterocycles. The second-order valence-electron chi connectivity index (χ2n) is 2.92. The van der Waals surface area contributed by atoms with E-state index in [9.17, 15) is 4.79 Å². The van der Waals surface area contributed by atoms with Crippen LogP contribution in [-0.2, 0) is 6.42 Å². The van der Waals surface area contributed by atoms with Crippen molar-refractivity contribution in [3.63, 3.8) is 0 Å². The van der Waals surface area contributed by atoms with Gasteiger partial charge >= 0.3 is 11.9 Å². The highest BCUT2D eigenvalue weighted by Crippen LogP contribution is 2.19. The highest BCUT2D eigenvalue weighted by molar-refractivity contribution is 5.87. The van der Waals surface area contributed by atoms with Gasteiger partial charge in [-0.05, 0) is 11.6 Å². The molecule has 0 radical (unpaired) electrons. The standard InChI is InChI=1S/C10H6N2O3/c11-5-4-6-2-1-3-7-8(6)12-9(15-7)10(13)14/h1-3H,4H2,(H,13,14). The minimum Gasteiger partial charge on any atom is -0.474 e. The van der Waals surface area contributed by atoms with Crippen LogP contribution in [0.4, 0.5) is 0 Å². The van der Waals surface area contributed by atoms with Crippen LogP contribution < -0.4 is 0 Å². The van der Waals surface area contributed by atoms with Gasteiger partial charge in [0.25, 0.3) is 0 Å². The number of aromatic nitrogens is 1. The van der Waals surface area contributed by atoms with E-state index in [1.165, 1.54) is 0 Å². The molecule has 0 saturated carbocycles. The summed E-state index contributed by atoms with van der Waals surface area (Å²) in [6.45, 7) is 0. The number of carboxylic acid groups (broad SMARTS) is 1. The minimum absolute atomic E-state index is 0.183. The van der Waals surface area contributed by atoms with E-state index >= 15 is 0 Å². The molecule has 0 spiro atoms. The molecule has 1 N–H and O–H groups in total. The molecule has 2 rings (SSSR count). The van der Waals surface area contributed by atoms with E-state index in [1.54, 1.807) is 18.2 Å². The van der Waals surface area contributed by atoms with Crippen molar-refractivity contribution in [1.29, 1.82) is 5.26 Å². The Morgan fingerprint density at radius 1 is 1.60 bits per heavy atom. The Labute approximate surface area is 84.6 Å². The molecule has 0 aliphatic heterocycles. The molecular formula is C10H6N2O3. The molecule has 1 aromatic heterocycles. The summed E-state index contributed by atoms with van der Waals surface area (Å²) in [4.78, 5) is 14.4. The Morgan fingerprint density at radius 3 is 3.07 bits per heavy atom. The third kappa shape index (κ3) is 1.53. The van der Waals surface area contributed by atoms with E-state index in [-0.39, 0.29) is 12.3 Å². The van der Waals surface area contributed by atoms with Gasteiger partial charge < -0.3 is 9.52 Å².